The first kappa shape index (κ1) is 8.94. The summed E-state index contributed by atoms with van der Waals surface area (Å²) < 4.78 is 10.7. The van der Waals surface area contributed by atoms with Gasteiger partial charge in [0, 0.05) is 4.88 Å². The predicted octanol–water partition coefficient (Wildman–Crippen LogP) is 2.18. The van der Waals surface area contributed by atoms with Crippen LogP contribution in [0, 0.1) is 0 Å². The molecule has 1 atom stereocenters. The highest BCUT2D eigenvalue weighted by Crippen LogP contribution is 2.12. The smallest absolute Gasteiger partial charge is 0.0993 e. The third-order valence-corrected chi connectivity index (χ3v) is 2.70. The Bertz CT molecular complexity index is 260. The van der Waals surface area contributed by atoms with Crippen LogP contribution >= 0.6 is 11.3 Å². The Kier molecular flexibility index (Phi) is 3.13. The van der Waals surface area contributed by atoms with Gasteiger partial charge < -0.3 is 9.47 Å². The fourth-order valence-electron chi connectivity index (χ4n) is 1.21. The van der Waals surface area contributed by atoms with Gasteiger partial charge in [-0.3, -0.25) is 0 Å². The molecule has 1 saturated heterocycles. The molecule has 0 radical (unpaired) electrons. The summed E-state index contributed by atoms with van der Waals surface area (Å²) in [7, 11) is 0. The van der Waals surface area contributed by atoms with E-state index in [1.54, 1.807) is 11.3 Å². The number of thiophene rings is 1. The van der Waals surface area contributed by atoms with E-state index in [1.807, 2.05) is 6.07 Å². The minimum Gasteiger partial charge on any atom is -0.376 e. The maximum atomic E-state index is 5.47. The highest BCUT2D eigenvalue weighted by Gasteiger charge is 2.09. The van der Waals surface area contributed by atoms with Crippen molar-refractivity contribution in [2.45, 2.75) is 6.10 Å². The Morgan fingerprint density at radius 3 is 3.15 bits per heavy atom. The van der Waals surface area contributed by atoms with Crippen LogP contribution in [0.5, 0.6) is 0 Å². The molecule has 0 amide bonds. The number of hydrogen-bond acceptors (Lipinski definition) is 3. The molecule has 0 aliphatic carbocycles. The second kappa shape index (κ2) is 4.56. The summed E-state index contributed by atoms with van der Waals surface area (Å²) in [6.45, 7) is 2.12. The van der Waals surface area contributed by atoms with E-state index in [-0.39, 0.29) is 6.10 Å². The van der Waals surface area contributed by atoms with Crippen molar-refractivity contribution in [3.8, 4) is 0 Å². The Balaban J connectivity index is 1.89. The van der Waals surface area contributed by atoms with Crippen LogP contribution in [-0.2, 0) is 9.47 Å². The van der Waals surface area contributed by atoms with Crippen molar-refractivity contribution in [1.29, 1.82) is 0 Å². The normalized spacial score (nSPS) is 23.8. The molecule has 0 spiro atoms. The van der Waals surface area contributed by atoms with Crippen LogP contribution < -0.4 is 0 Å². The largest absolute Gasteiger partial charge is 0.376 e. The van der Waals surface area contributed by atoms with Gasteiger partial charge in [-0.25, -0.2) is 0 Å². The van der Waals surface area contributed by atoms with Crippen LogP contribution in [0.3, 0.4) is 0 Å². The first-order valence-corrected chi connectivity index (χ1v) is 5.24. The Hall–Kier alpha value is -0.640. The van der Waals surface area contributed by atoms with E-state index in [9.17, 15) is 0 Å². The first-order valence-electron chi connectivity index (χ1n) is 4.36. The van der Waals surface area contributed by atoms with E-state index in [0.29, 0.717) is 13.2 Å². The molecule has 2 heterocycles. The highest BCUT2D eigenvalue weighted by atomic mass is 32.1. The van der Waals surface area contributed by atoms with Crippen molar-refractivity contribution in [2.24, 2.45) is 0 Å². The fourth-order valence-corrected chi connectivity index (χ4v) is 1.83. The zero-order valence-corrected chi connectivity index (χ0v) is 8.13. The average molecular weight is 196 g/mol. The summed E-state index contributed by atoms with van der Waals surface area (Å²) >= 11 is 1.73. The lowest BCUT2D eigenvalue weighted by Gasteiger charge is -2.19. The van der Waals surface area contributed by atoms with E-state index in [4.69, 9.17) is 9.47 Å². The molecule has 0 saturated carbocycles. The van der Waals surface area contributed by atoms with Gasteiger partial charge in [0.05, 0.1) is 25.9 Å². The summed E-state index contributed by atoms with van der Waals surface area (Å²) in [5, 5.41) is 2.07. The Morgan fingerprint density at radius 1 is 1.46 bits per heavy atom. The van der Waals surface area contributed by atoms with Crippen LogP contribution in [0.2, 0.25) is 0 Å². The lowest BCUT2D eigenvalue weighted by atomic mass is 10.3. The monoisotopic (exact) mass is 196 g/mol. The van der Waals surface area contributed by atoms with Gasteiger partial charge in [-0.2, -0.15) is 0 Å². The zero-order valence-electron chi connectivity index (χ0n) is 7.31. The predicted molar refractivity (Wildman–Crippen MR) is 53.9 cm³/mol. The maximum Gasteiger partial charge on any atom is 0.0993 e. The van der Waals surface area contributed by atoms with E-state index >= 15 is 0 Å². The lowest BCUT2D eigenvalue weighted by Crippen LogP contribution is -2.26. The summed E-state index contributed by atoms with van der Waals surface area (Å²) in [5.74, 6) is 0. The molecule has 70 valence electrons. The lowest BCUT2D eigenvalue weighted by molar-refractivity contribution is -0.0672. The standard InChI is InChI=1S/C10H12O2S/c1-2-10(13-7-1)4-3-9-8-11-5-6-12-9/h1-4,7,9H,5-6,8H2/b4-3+. The quantitative estimate of drug-likeness (QED) is 0.721. The molecule has 2 rings (SSSR count). The number of ether oxygens (including phenoxy) is 2. The van der Waals surface area contributed by atoms with Gasteiger partial charge >= 0.3 is 0 Å². The molecule has 13 heavy (non-hydrogen) atoms. The molecule has 3 heteroatoms. The molecule has 1 fully saturated rings. The minimum absolute atomic E-state index is 0.135. The molecular formula is C10H12O2S. The van der Waals surface area contributed by atoms with Gasteiger partial charge in [0.2, 0.25) is 0 Å². The maximum absolute atomic E-state index is 5.47. The third kappa shape index (κ3) is 2.66. The molecule has 0 aromatic carbocycles. The van der Waals surface area contributed by atoms with Gasteiger partial charge in [0.15, 0.2) is 0 Å². The van der Waals surface area contributed by atoms with Crippen molar-refractivity contribution in [1.82, 2.24) is 0 Å². The third-order valence-electron chi connectivity index (χ3n) is 1.86. The van der Waals surface area contributed by atoms with Crippen LogP contribution in [0.4, 0.5) is 0 Å². The molecule has 2 nitrogen and oxygen atoms in total. The van der Waals surface area contributed by atoms with Gasteiger partial charge in [0.25, 0.3) is 0 Å². The average Bonchev–Trinajstić information content (AvgIpc) is 2.69. The summed E-state index contributed by atoms with van der Waals surface area (Å²) in [5.41, 5.74) is 0. The van der Waals surface area contributed by atoms with Crippen LogP contribution in [0.15, 0.2) is 23.6 Å². The van der Waals surface area contributed by atoms with Crippen molar-refractivity contribution in [3.05, 3.63) is 28.5 Å². The number of rotatable bonds is 2. The van der Waals surface area contributed by atoms with Crippen LogP contribution in [0.25, 0.3) is 6.08 Å². The molecule has 0 bridgehead atoms. The van der Waals surface area contributed by atoms with Crippen LogP contribution in [0.1, 0.15) is 4.88 Å². The van der Waals surface area contributed by atoms with Crippen LogP contribution in [-0.4, -0.2) is 25.9 Å². The van der Waals surface area contributed by atoms with Crippen molar-refractivity contribution >= 4 is 17.4 Å². The molecular weight excluding hydrogens is 184 g/mol. The second-order valence-electron chi connectivity index (χ2n) is 2.86. The van der Waals surface area contributed by atoms with Crippen molar-refractivity contribution in [3.63, 3.8) is 0 Å². The van der Waals surface area contributed by atoms with Gasteiger partial charge in [-0.1, -0.05) is 12.1 Å². The summed E-state index contributed by atoms with van der Waals surface area (Å²) in [4.78, 5) is 1.26. The van der Waals surface area contributed by atoms with Gasteiger partial charge in [-0.15, -0.1) is 11.3 Å². The Labute approximate surface area is 81.8 Å². The fraction of sp³-hybridized carbons (Fsp3) is 0.400. The minimum atomic E-state index is 0.135. The molecule has 1 aliphatic rings. The topological polar surface area (TPSA) is 18.5 Å². The second-order valence-corrected chi connectivity index (χ2v) is 3.84. The van der Waals surface area contributed by atoms with Crippen molar-refractivity contribution in [2.75, 3.05) is 19.8 Å². The van der Waals surface area contributed by atoms with Gasteiger partial charge in [-0.05, 0) is 17.5 Å². The van der Waals surface area contributed by atoms with E-state index in [0.717, 1.165) is 6.61 Å². The van der Waals surface area contributed by atoms with E-state index in [2.05, 4.69) is 23.6 Å². The zero-order chi connectivity index (χ0) is 8.93. The molecule has 1 aromatic heterocycles. The first-order chi connectivity index (χ1) is 6.45. The Morgan fingerprint density at radius 2 is 2.46 bits per heavy atom. The molecule has 1 aliphatic heterocycles. The molecule has 1 aromatic rings. The summed E-state index contributed by atoms with van der Waals surface area (Å²) in [6, 6.07) is 4.13. The van der Waals surface area contributed by atoms with E-state index < -0.39 is 0 Å². The summed E-state index contributed by atoms with van der Waals surface area (Å²) in [6.07, 6.45) is 4.28. The van der Waals surface area contributed by atoms with Gasteiger partial charge in [0.1, 0.15) is 0 Å². The SMILES string of the molecule is C(=C\C1COCCO1)/c1cccs1. The molecule has 1 unspecified atom stereocenters. The van der Waals surface area contributed by atoms with E-state index in [1.165, 1.54) is 4.88 Å². The van der Waals surface area contributed by atoms with Crippen molar-refractivity contribution < 1.29 is 9.47 Å². The number of hydrogen-bond donors (Lipinski definition) is 0. The molecule has 0 N–H and O–H groups in total. The highest BCUT2D eigenvalue weighted by molar-refractivity contribution is 7.10.